The number of ether oxygens (including phenoxy) is 1. The van der Waals surface area contributed by atoms with Crippen molar-refractivity contribution >= 4 is 33.5 Å². The standard InChI is InChI=1S/C20H31N3O8S/c24-17-11-23(20(27)28)5-1-2-16(17)21-19(26)15(13-32(29,30)12-14-3-4-14)10-18(25)22-6-8-31-9-7-22/h14-16H,1-13H2,(H,21,26)(H,27,28). The van der Waals surface area contributed by atoms with Gasteiger partial charge in [-0.05, 0) is 31.6 Å². The topological polar surface area (TPSA) is 150 Å². The van der Waals surface area contributed by atoms with E-state index in [-0.39, 0.29) is 43.5 Å². The van der Waals surface area contributed by atoms with E-state index in [1.165, 1.54) is 0 Å². The Bertz CT molecular complexity index is 836. The summed E-state index contributed by atoms with van der Waals surface area (Å²) in [5.74, 6) is -2.87. The molecule has 2 saturated heterocycles. The lowest BCUT2D eigenvalue weighted by Crippen LogP contribution is -2.48. The van der Waals surface area contributed by atoms with Crippen molar-refractivity contribution in [2.75, 3.05) is 50.9 Å². The molecule has 3 fully saturated rings. The molecule has 2 N–H and O–H groups in total. The highest BCUT2D eigenvalue weighted by molar-refractivity contribution is 7.91. The van der Waals surface area contributed by atoms with Crippen LogP contribution in [0.2, 0.25) is 0 Å². The molecular weight excluding hydrogens is 442 g/mol. The van der Waals surface area contributed by atoms with Gasteiger partial charge in [0.05, 0.1) is 43.2 Å². The molecule has 0 aromatic rings. The van der Waals surface area contributed by atoms with Crippen molar-refractivity contribution < 1.29 is 37.4 Å². The van der Waals surface area contributed by atoms with Crippen LogP contribution in [0.15, 0.2) is 0 Å². The normalized spacial score (nSPS) is 23.4. The van der Waals surface area contributed by atoms with Gasteiger partial charge in [0.15, 0.2) is 15.6 Å². The van der Waals surface area contributed by atoms with Crippen molar-refractivity contribution in [2.24, 2.45) is 11.8 Å². The summed E-state index contributed by atoms with van der Waals surface area (Å²) in [5.41, 5.74) is 0. The van der Waals surface area contributed by atoms with Crippen LogP contribution in [0.3, 0.4) is 0 Å². The van der Waals surface area contributed by atoms with Crippen LogP contribution in [-0.2, 0) is 29.0 Å². The average molecular weight is 474 g/mol. The number of nitrogens with one attached hydrogen (secondary N) is 1. The Morgan fingerprint density at radius 1 is 1.09 bits per heavy atom. The summed E-state index contributed by atoms with van der Waals surface area (Å²) in [6.07, 6.45) is 0.871. The Labute approximate surface area is 187 Å². The highest BCUT2D eigenvalue weighted by Gasteiger charge is 2.36. The van der Waals surface area contributed by atoms with Gasteiger partial charge in [-0.2, -0.15) is 0 Å². The zero-order chi connectivity index (χ0) is 23.3. The fourth-order valence-corrected chi connectivity index (χ4v) is 6.10. The van der Waals surface area contributed by atoms with Gasteiger partial charge in [0.25, 0.3) is 0 Å². The van der Waals surface area contributed by atoms with Crippen LogP contribution < -0.4 is 5.32 Å². The fraction of sp³-hybridized carbons (Fsp3) is 0.800. The van der Waals surface area contributed by atoms with E-state index in [1.54, 1.807) is 4.90 Å². The van der Waals surface area contributed by atoms with Gasteiger partial charge in [0.1, 0.15) is 0 Å². The highest BCUT2D eigenvalue weighted by atomic mass is 32.2. The third-order valence-corrected chi connectivity index (χ3v) is 7.93. The molecule has 2 aliphatic heterocycles. The molecule has 2 heterocycles. The van der Waals surface area contributed by atoms with Gasteiger partial charge >= 0.3 is 6.09 Å². The molecule has 2 unspecified atom stereocenters. The second-order valence-corrected chi connectivity index (χ2v) is 10.9. The summed E-state index contributed by atoms with van der Waals surface area (Å²) in [7, 11) is -3.55. The van der Waals surface area contributed by atoms with E-state index in [4.69, 9.17) is 9.84 Å². The number of ketones is 1. The molecule has 32 heavy (non-hydrogen) atoms. The van der Waals surface area contributed by atoms with Crippen molar-refractivity contribution in [3.63, 3.8) is 0 Å². The second kappa shape index (κ2) is 10.6. The van der Waals surface area contributed by atoms with Crippen LogP contribution in [0.25, 0.3) is 0 Å². The van der Waals surface area contributed by atoms with E-state index in [0.29, 0.717) is 32.7 Å². The van der Waals surface area contributed by atoms with Gasteiger partial charge in [-0.1, -0.05) is 0 Å². The molecule has 3 amide bonds. The Kier molecular flexibility index (Phi) is 8.10. The molecule has 0 aromatic carbocycles. The number of amides is 3. The first-order chi connectivity index (χ1) is 15.1. The molecule has 180 valence electrons. The number of hydrogen-bond donors (Lipinski definition) is 2. The highest BCUT2D eigenvalue weighted by Crippen LogP contribution is 2.31. The number of likely N-dealkylation sites (tertiary alicyclic amines) is 1. The minimum Gasteiger partial charge on any atom is -0.465 e. The molecule has 0 bridgehead atoms. The number of carbonyl (C=O) groups is 4. The number of morpholine rings is 1. The van der Waals surface area contributed by atoms with Crippen molar-refractivity contribution in [1.29, 1.82) is 0 Å². The van der Waals surface area contributed by atoms with Gasteiger partial charge in [0, 0.05) is 26.1 Å². The van der Waals surface area contributed by atoms with E-state index in [0.717, 1.165) is 17.7 Å². The number of carbonyl (C=O) groups excluding carboxylic acids is 3. The maximum atomic E-state index is 13.0. The van der Waals surface area contributed by atoms with Crippen molar-refractivity contribution in [3.8, 4) is 0 Å². The Morgan fingerprint density at radius 3 is 2.41 bits per heavy atom. The zero-order valence-electron chi connectivity index (χ0n) is 18.0. The molecular formula is C20H31N3O8S. The van der Waals surface area contributed by atoms with Gasteiger partial charge < -0.3 is 25.0 Å². The van der Waals surface area contributed by atoms with E-state index in [9.17, 15) is 27.6 Å². The summed E-state index contributed by atoms with van der Waals surface area (Å²) in [6.45, 7) is 1.39. The lowest BCUT2D eigenvalue weighted by atomic mass is 10.0. The maximum Gasteiger partial charge on any atom is 0.407 e. The Balaban J connectivity index is 1.67. The number of rotatable bonds is 8. The average Bonchev–Trinajstić information content (AvgIpc) is 3.56. The largest absolute Gasteiger partial charge is 0.465 e. The van der Waals surface area contributed by atoms with Gasteiger partial charge in [0.2, 0.25) is 11.8 Å². The third-order valence-electron chi connectivity index (χ3n) is 6.04. The first-order valence-corrected chi connectivity index (χ1v) is 12.8. The summed E-state index contributed by atoms with van der Waals surface area (Å²) < 4.78 is 30.5. The minimum atomic E-state index is -3.55. The molecule has 0 aromatic heterocycles. The zero-order valence-corrected chi connectivity index (χ0v) is 18.8. The quantitative estimate of drug-likeness (QED) is 0.479. The predicted molar refractivity (Wildman–Crippen MR) is 113 cm³/mol. The smallest absolute Gasteiger partial charge is 0.407 e. The Morgan fingerprint density at radius 2 is 1.78 bits per heavy atom. The first-order valence-electron chi connectivity index (χ1n) is 11.0. The van der Waals surface area contributed by atoms with E-state index in [1.807, 2.05) is 0 Å². The monoisotopic (exact) mass is 473 g/mol. The maximum absolute atomic E-state index is 13.0. The van der Waals surface area contributed by atoms with E-state index >= 15 is 0 Å². The number of hydrogen-bond acceptors (Lipinski definition) is 7. The molecule has 2 atom stereocenters. The molecule has 12 heteroatoms. The fourth-order valence-electron chi connectivity index (χ4n) is 4.03. The molecule has 3 rings (SSSR count). The number of carboxylic acid groups (broad SMARTS) is 1. The van der Waals surface area contributed by atoms with Crippen LogP contribution in [0, 0.1) is 11.8 Å². The lowest BCUT2D eigenvalue weighted by molar-refractivity contribution is -0.139. The van der Waals surface area contributed by atoms with Crippen molar-refractivity contribution in [1.82, 2.24) is 15.1 Å². The summed E-state index contributed by atoms with van der Waals surface area (Å²) in [5, 5.41) is 11.7. The van der Waals surface area contributed by atoms with Crippen molar-refractivity contribution in [2.45, 2.75) is 38.1 Å². The molecule has 1 aliphatic carbocycles. The molecule has 1 saturated carbocycles. The molecule has 0 spiro atoms. The van der Waals surface area contributed by atoms with Crippen molar-refractivity contribution in [3.05, 3.63) is 0 Å². The van der Waals surface area contributed by atoms with E-state index in [2.05, 4.69) is 5.32 Å². The van der Waals surface area contributed by atoms with Crippen LogP contribution in [-0.4, -0.2) is 104 Å². The number of sulfone groups is 1. The molecule has 3 aliphatic rings. The van der Waals surface area contributed by atoms with Gasteiger partial charge in [-0.25, -0.2) is 13.2 Å². The number of Topliss-reactive ketones (excluding diaryl/α,β-unsaturated/α-hetero) is 1. The minimum absolute atomic E-state index is 0.00153. The first kappa shape index (κ1) is 24.4. The van der Waals surface area contributed by atoms with E-state index < -0.39 is 45.3 Å². The molecule has 0 radical (unpaired) electrons. The van der Waals surface area contributed by atoms with Crippen LogP contribution >= 0.6 is 0 Å². The Hall–Kier alpha value is -2.21. The lowest BCUT2D eigenvalue weighted by Gasteiger charge is -2.28. The summed E-state index contributed by atoms with van der Waals surface area (Å²) in [4.78, 5) is 51.9. The van der Waals surface area contributed by atoms with Gasteiger partial charge in [-0.15, -0.1) is 0 Å². The van der Waals surface area contributed by atoms with Gasteiger partial charge in [-0.3, -0.25) is 14.4 Å². The number of nitrogens with zero attached hydrogens (tertiary/aromatic N) is 2. The summed E-state index contributed by atoms with van der Waals surface area (Å²) >= 11 is 0. The van der Waals surface area contributed by atoms with Crippen LogP contribution in [0.5, 0.6) is 0 Å². The molecule has 11 nitrogen and oxygen atoms in total. The summed E-state index contributed by atoms with van der Waals surface area (Å²) in [6, 6.07) is -0.904. The third kappa shape index (κ3) is 7.16. The predicted octanol–water partition coefficient (Wildman–Crippen LogP) is -0.496. The van der Waals surface area contributed by atoms with Crippen LogP contribution in [0.4, 0.5) is 4.79 Å². The second-order valence-electron chi connectivity index (χ2n) is 8.79. The SMILES string of the molecule is O=C(NC1CCCN(C(=O)O)CC1=O)C(CC(=O)N1CCOCC1)CS(=O)(=O)CC1CC1. The van der Waals surface area contributed by atoms with Crippen LogP contribution in [0.1, 0.15) is 32.1 Å².